The number of carbonyl (C=O) groups is 1. The van der Waals surface area contributed by atoms with Crippen LogP contribution in [0.2, 0.25) is 0 Å². The van der Waals surface area contributed by atoms with Gasteiger partial charge in [-0.05, 0) is 13.0 Å². The van der Waals surface area contributed by atoms with Gasteiger partial charge >= 0.3 is 0 Å². The van der Waals surface area contributed by atoms with Crippen molar-refractivity contribution in [1.82, 2.24) is 14.8 Å². The molecule has 0 unspecified atom stereocenters. The third-order valence-electron chi connectivity index (χ3n) is 2.40. The second-order valence-corrected chi connectivity index (χ2v) is 3.57. The van der Waals surface area contributed by atoms with Crippen molar-refractivity contribution in [2.24, 2.45) is 0 Å². The lowest BCUT2D eigenvalue weighted by Gasteiger charge is -2.08. The highest BCUT2D eigenvalue weighted by Crippen LogP contribution is 2.16. The van der Waals surface area contributed by atoms with Crippen LogP contribution in [-0.4, -0.2) is 20.7 Å². The van der Waals surface area contributed by atoms with Gasteiger partial charge in [-0.15, -0.1) is 0 Å². The number of hydrogen-bond acceptors (Lipinski definition) is 4. The molecule has 0 saturated heterocycles. The monoisotopic (exact) mass is 249 g/mol. The van der Waals surface area contributed by atoms with Crippen LogP contribution >= 0.6 is 0 Å². The van der Waals surface area contributed by atoms with Crippen LogP contribution in [0.4, 0.5) is 15.8 Å². The van der Waals surface area contributed by atoms with Gasteiger partial charge in [0.05, 0.1) is 23.8 Å². The zero-order valence-electron chi connectivity index (χ0n) is 9.72. The number of aromatic nitrogens is 3. The minimum atomic E-state index is -0.605. The molecular weight excluding hydrogens is 237 g/mol. The number of hydrogen-bond donors (Lipinski definition) is 2. The zero-order chi connectivity index (χ0) is 13.1. The van der Waals surface area contributed by atoms with Crippen LogP contribution in [0.3, 0.4) is 0 Å². The molecule has 0 aromatic carbocycles. The van der Waals surface area contributed by atoms with E-state index >= 15 is 0 Å². The van der Waals surface area contributed by atoms with E-state index in [0.29, 0.717) is 6.54 Å². The maximum absolute atomic E-state index is 13.3. The molecule has 18 heavy (non-hydrogen) atoms. The standard InChI is InChI=1S/C11H12FN5O/c1-2-17-10(8(13)6-15-17)11(18)16-9-3-4-14-5-7(9)12/h3-6H,2,13H2,1H3,(H,14,16,18). The third kappa shape index (κ3) is 2.15. The molecular formula is C11H12FN5O. The average Bonchev–Trinajstić information content (AvgIpc) is 2.73. The summed E-state index contributed by atoms with van der Waals surface area (Å²) in [6.07, 6.45) is 3.80. The minimum absolute atomic E-state index is 0.0539. The zero-order valence-corrected chi connectivity index (χ0v) is 9.72. The molecule has 0 atom stereocenters. The van der Waals surface area contributed by atoms with Crippen molar-refractivity contribution in [1.29, 1.82) is 0 Å². The summed E-state index contributed by atoms with van der Waals surface area (Å²) in [6.45, 7) is 2.33. The number of nitrogens with one attached hydrogen (secondary N) is 1. The first-order valence-corrected chi connectivity index (χ1v) is 5.35. The molecule has 2 aromatic rings. The fraction of sp³-hybridized carbons (Fsp3) is 0.182. The minimum Gasteiger partial charge on any atom is -0.396 e. The van der Waals surface area contributed by atoms with Crippen LogP contribution in [0.5, 0.6) is 0 Å². The lowest BCUT2D eigenvalue weighted by Crippen LogP contribution is -2.19. The second kappa shape index (κ2) is 4.82. The van der Waals surface area contributed by atoms with Crippen LogP contribution in [0.15, 0.2) is 24.7 Å². The van der Waals surface area contributed by atoms with Gasteiger partial charge in [0.15, 0.2) is 5.82 Å². The second-order valence-electron chi connectivity index (χ2n) is 3.57. The van der Waals surface area contributed by atoms with Gasteiger partial charge in [0, 0.05) is 12.7 Å². The van der Waals surface area contributed by atoms with E-state index in [1.165, 1.54) is 23.1 Å². The van der Waals surface area contributed by atoms with Crippen LogP contribution in [0, 0.1) is 5.82 Å². The van der Waals surface area contributed by atoms with Gasteiger partial charge in [0.25, 0.3) is 5.91 Å². The highest BCUT2D eigenvalue weighted by atomic mass is 19.1. The number of aryl methyl sites for hydroxylation is 1. The maximum Gasteiger partial charge on any atom is 0.276 e. The van der Waals surface area contributed by atoms with Crippen LogP contribution in [0.1, 0.15) is 17.4 Å². The van der Waals surface area contributed by atoms with Crippen molar-refractivity contribution in [2.45, 2.75) is 13.5 Å². The van der Waals surface area contributed by atoms with Gasteiger partial charge in [-0.2, -0.15) is 5.10 Å². The van der Waals surface area contributed by atoms with Crippen LogP contribution in [-0.2, 0) is 6.54 Å². The molecule has 6 nitrogen and oxygen atoms in total. The smallest absolute Gasteiger partial charge is 0.276 e. The predicted molar refractivity (Wildman–Crippen MR) is 64.5 cm³/mol. The van der Waals surface area contributed by atoms with Crippen molar-refractivity contribution in [2.75, 3.05) is 11.1 Å². The van der Waals surface area contributed by atoms with Gasteiger partial charge in [0.2, 0.25) is 0 Å². The Bertz CT molecular complexity index is 581. The van der Waals surface area contributed by atoms with Crippen molar-refractivity contribution in [3.8, 4) is 0 Å². The molecule has 0 aliphatic heterocycles. The molecule has 1 amide bonds. The largest absolute Gasteiger partial charge is 0.396 e. The fourth-order valence-corrected chi connectivity index (χ4v) is 1.55. The Kier molecular flexibility index (Phi) is 3.22. The number of nitrogen functional groups attached to an aromatic ring is 1. The van der Waals surface area contributed by atoms with E-state index in [1.807, 2.05) is 6.92 Å². The number of nitrogens with two attached hydrogens (primary N) is 1. The first kappa shape index (κ1) is 12.0. The van der Waals surface area contributed by atoms with Gasteiger partial charge in [-0.1, -0.05) is 0 Å². The van der Waals surface area contributed by atoms with Crippen molar-refractivity contribution < 1.29 is 9.18 Å². The first-order valence-electron chi connectivity index (χ1n) is 5.35. The summed E-state index contributed by atoms with van der Waals surface area (Å²) in [6, 6.07) is 1.37. The Labute approximate surface area is 103 Å². The summed E-state index contributed by atoms with van der Waals surface area (Å²) in [5.74, 6) is -1.11. The third-order valence-corrected chi connectivity index (χ3v) is 2.40. The summed E-state index contributed by atoms with van der Waals surface area (Å²) in [5.41, 5.74) is 6.18. The number of pyridine rings is 1. The molecule has 0 fully saturated rings. The number of rotatable bonds is 3. The van der Waals surface area contributed by atoms with Gasteiger partial charge in [-0.3, -0.25) is 14.5 Å². The maximum atomic E-state index is 13.3. The van der Waals surface area contributed by atoms with Gasteiger partial charge in [0.1, 0.15) is 5.69 Å². The Balaban J connectivity index is 2.28. The van der Waals surface area contributed by atoms with E-state index in [9.17, 15) is 9.18 Å². The number of halogens is 1. The Morgan fingerprint density at radius 1 is 1.56 bits per heavy atom. The Hall–Kier alpha value is -2.44. The van der Waals surface area contributed by atoms with E-state index < -0.39 is 11.7 Å². The highest BCUT2D eigenvalue weighted by molar-refractivity contribution is 6.06. The lowest BCUT2D eigenvalue weighted by molar-refractivity contribution is 0.101. The molecule has 3 N–H and O–H groups in total. The average molecular weight is 249 g/mol. The molecule has 2 aromatic heterocycles. The Morgan fingerprint density at radius 3 is 3.00 bits per heavy atom. The summed E-state index contributed by atoms with van der Waals surface area (Å²) in [5, 5.41) is 6.38. The van der Waals surface area contributed by atoms with E-state index in [4.69, 9.17) is 5.73 Å². The molecule has 2 rings (SSSR count). The fourth-order valence-electron chi connectivity index (χ4n) is 1.55. The number of nitrogens with zero attached hydrogens (tertiary/aromatic N) is 3. The predicted octanol–water partition coefficient (Wildman–Crippen LogP) is 1.27. The first-order chi connectivity index (χ1) is 8.63. The van der Waals surface area contributed by atoms with Crippen molar-refractivity contribution >= 4 is 17.3 Å². The molecule has 0 radical (unpaired) electrons. The van der Waals surface area contributed by atoms with Crippen molar-refractivity contribution in [3.63, 3.8) is 0 Å². The highest BCUT2D eigenvalue weighted by Gasteiger charge is 2.17. The number of carbonyl (C=O) groups excluding carboxylic acids is 1. The topological polar surface area (TPSA) is 85.8 Å². The summed E-state index contributed by atoms with van der Waals surface area (Å²) < 4.78 is 14.8. The molecule has 0 aliphatic rings. The Morgan fingerprint density at radius 2 is 2.33 bits per heavy atom. The normalized spacial score (nSPS) is 10.3. The molecule has 0 spiro atoms. The quantitative estimate of drug-likeness (QED) is 0.857. The molecule has 2 heterocycles. The molecule has 0 bridgehead atoms. The summed E-state index contributed by atoms with van der Waals surface area (Å²) in [7, 11) is 0. The van der Waals surface area contributed by atoms with Crippen LogP contribution in [0.25, 0.3) is 0 Å². The molecule has 94 valence electrons. The SMILES string of the molecule is CCn1ncc(N)c1C(=O)Nc1ccncc1F. The summed E-state index contributed by atoms with van der Waals surface area (Å²) >= 11 is 0. The number of amides is 1. The molecule has 0 saturated carbocycles. The molecule has 7 heteroatoms. The van der Waals surface area contributed by atoms with Gasteiger partial charge in [-0.25, -0.2) is 4.39 Å². The summed E-state index contributed by atoms with van der Waals surface area (Å²) in [4.78, 5) is 15.6. The molecule has 0 aliphatic carbocycles. The van der Waals surface area contributed by atoms with Gasteiger partial charge < -0.3 is 11.1 Å². The van der Waals surface area contributed by atoms with E-state index in [2.05, 4.69) is 15.4 Å². The van der Waals surface area contributed by atoms with E-state index in [1.54, 1.807) is 0 Å². The number of anilines is 2. The van der Waals surface area contributed by atoms with E-state index in [0.717, 1.165) is 6.20 Å². The lowest BCUT2D eigenvalue weighted by atomic mass is 10.3. The van der Waals surface area contributed by atoms with E-state index in [-0.39, 0.29) is 17.1 Å². The van der Waals surface area contributed by atoms with Crippen LogP contribution < -0.4 is 11.1 Å². The van der Waals surface area contributed by atoms with Crippen molar-refractivity contribution in [3.05, 3.63) is 36.2 Å².